The molecule has 1 aromatic rings. The first-order valence-electron chi connectivity index (χ1n) is 10.6. The molecule has 0 spiro atoms. The van der Waals surface area contributed by atoms with Gasteiger partial charge < -0.3 is 0 Å². The molecule has 0 saturated heterocycles. The molecule has 7 heteroatoms. The Hall–Kier alpha value is -1.47. The SMILES string of the molecule is CCCCCCCCCCCCC1CCc2c1cc(S(=O)(=O)O)cc2[N+](=O)[O-]. The molecule has 0 heterocycles. The van der Waals surface area contributed by atoms with Crippen molar-refractivity contribution in [3.63, 3.8) is 0 Å². The van der Waals surface area contributed by atoms with Crippen LogP contribution in [0, 0.1) is 10.1 Å². The molecule has 1 aliphatic carbocycles. The number of hydrogen-bond acceptors (Lipinski definition) is 4. The van der Waals surface area contributed by atoms with Gasteiger partial charge in [-0.1, -0.05) is 71.1 Å². The van der Waals surface area contributed by atoms with Crippen molar-refractivity contribution < 1.29 is 17.9 Å². The number of nitro benzene ring substituents is 1. The molecular weight excluding hydrogens is 378 g/mol. The topological polar surface area (TPSA) is 97.5 Å². The minimum atomic E-state index is -4.45. The van der Waals surface area contributed by atoms with Gasteiger partial charge in [-0.2, -0.15) is 8.42 Å². The highest BCUT2D eigenvalue weighted by atomic mass is 32.2. The number of hydrogen-bond donors (Lipinski definition) is 1. The van der Waals surface area contributed by atoms with Crippen LogP contribution in [0.5, 0.6) is 0 Å². The van der Waals surface area contributed by atoms with E-state index in [0.717, 1.165) is 37.3 Å². The summed E-state index contributed by atoms with van der Waals surface area (Å²) >= 11 is 0. The molecule has 0 aromatic heterocycles. The standard InChI is InChI=1S/C21H33NO5S/c1-2-3-4-5-6-7-8-9-10-11-12-17-13-14-19-20(17)15-18(28(25,26)27)16-21(19)22(23)24/h15-17H,2-14H2,1H3,(H,25,26,27). The van der Waals surface area contributed by atoms with Gasteiger partial charge in [-0.05, 0) is 36.8 Å². The number of nitrogens with zero attached hydrogens (tertiary/aromatic N) is 1. The van der Waals surface area contributed by atoms with Crippen LogP contribution >= 0.6 is 0 Å². The molecule has 1 aromatic carbocycles. The molecule has 0 bridgehead atoms. The summed E-state index contributed by atoms with van der Waals surface area (Å²) in [5.74, 6) is 0.143. The average Bonchev–Trinajstić information content (AvgIpc) is 3.04. The third-order valence-corrected chi connectivity index (χ3v) is 6.65. The molecule has 6 nitrogen and oxygen atoms in total. The fraction of sp³-hybridized carbons (Fsp3) is 0.714. The maximum absolute atomic E-state index is 11.5. The van der Waals surface area contributed by atoms with Crippen molar-refractivity contribution in [3.8, 4) is 0 Å². The van der Waals surface area contributed by atoms with Crippen molar-refractivity contribution in [2.24, 2.45) is 0 Å². The second-order valence-electron chi connectivity index (χ2n) is 7.95. The van der Waals surface area contributed by atoms with Crippen molar-refractivity contribution in [2.45, 2.75) is 101 Å². The lowest BCUT2D eigenvalue weighted by molar-refractivity contribution is -0.385. The quantitative estimate of drug-likeness (QED) is 0.181. The van der Waals surface area contributed by atoms with Gasteiger partial charge in [0.15, 0.2) is 0 Å². The van der Waals surface area contributed by atoms with Crippen LogP contribution in [-0.2, 0) is 16.5 Å². The highest BCUT2D eigenvalue weighted by molar-refractivity contribution is 7.85. The molecule has 1 N–H and O–H groups in total. The fourth-order valence-electron chi connectivity index (χ4n) is 4.25. The predicted octanol–water partition coefficient (Wildman–Crippen LogP) is 6.18. The number of nitro groups is 1. The Morgan fingerprint density at radius 1 is 1.04 bits per heavy atom. The first kappa shape index (κ1) is 22.8. The molecule has 0 aliphatic heterocycles. The molecule has 28 heavy (non-hydrogen) atoms. The number of unbranched alkanes of at least 4 members (excludes halogenated alkanes) is 9. The molecule has 0 amide bonds. The molecular formula is C21H33NO5S. The summed E-state index contributed by atoms with van der Waals surface area (Å²) in [5, 5.41) is 11.3. The van der Waals surface area contributed by atoms with Gasteiger partial charge in [0.2, 0.25) is 0 Å². The van der Waals surface area contributed by atoms with E-state index in [0.29, 0.717) is 12.0 Å². The monoisotopic (exact) mass is 411 g/mol. The van der Waals surface area contributed by atoms with Gasteiger partial charge in [-0.15, -0.1) is 0 Å². The minimum Gasteiger partial charge on any atom is -0.282 e. The van der Waals surface area contributed by atoms with Crippen molar-refractivity contribution >= 4 is 15.8 Å². The molecule has 2 rings (SSSR count). The number of benzene rings is 1. The summed E-state index contributed by atoms with van der Waals surface area (Å²) in [4.78, 5) is 10.4. The lowest BCUT2D eigenvalue weighted by Crippen LogP contribution is -2.04. The van der Waals surface area contributed by atoms with E-state index in [1.54, 1.807) is 0 Å². The molecule has 1 atom stereocenters. The average molecular weight is 412 g/mol. The fourth-order valence-corrected chi connectivity index (χ4v) is 4.79. The van der Waals surface area contributed by atoms with Gasteiger partial charge in [0.1, 0.15) is 4.90 Å². The molecule has 0 radical (unpaired) electrons. The first-order valence-corrected chi connectivity index (χ1v) is 12.1. The summed E-state index contributed by atoms with van der Waals surface area (Å²) in [5.41, 5.74) is 1.18. The van der Waals surface area contributed by atoms with Gasteiger partial charge in [0.05, 0.1) is 4.92 Å². The Morgan fingerprint density at radius 2 is 1.61 bits per heavy atom. The summed E-state index contributed by atoms with van der Waals surface area (Å²) < 4.78 is 32.3. The van der Waals surface area contributed by atoms with Crippen LogP contribution in [0.25, 0.3) is 0 Å². The van der Waals surface area contributed by atoms with E-state index in [1.807, 2.05) is 0 Å². The lowest BCUT2D eigenvalue weighted by atomic mass is 9.94. The normalized spacial score (nSPS) is 16.3. The molecule has 158 valence electrons. The van der Waals surface area contributed by atoms with Gasteiger partial charge in [0.25, 0.3) is 15.8 Å². The molecule has 1 aliphatic rings. The van der Waals surface area contributed by atoms with Crippen LogP contribution in [-0.4, -0.2) is 17.9 Å². The van der Waals surface area contributed by atoms with E-state index >= 15 is 0 Å². The largest absolute Gasteiger partial charge is 0.294 e. The van der Waals surface area contributed by atoms with E-state index in [1.165, 1.54) is 57.4 Å². The van der Waals surface area contributed by atoms with Crippen molar-refractivity contribution in [1.82, 2.24) is 0 Å². The zero-order valence-corrected chi connectivity index (χ0v) is 17.7. The second-order valence-corrected chi connectivity index (χ2v) is 9.37. The van der Waals surface area contributed by atoms with Gasteiger partial charge >= 0.3 is 0 Å². The third kappa shape index (κ3) is 6.55. The molecule has 0 saturated carbocycles. The van der Waals surface area contributed by atoms with E-state index in [4.69, 9.17) is 0 Å². The zero-order valence-electron chi connectivity index (χ0n) is 16.9. The third-order valence-electron chi connectivity index (χ3n) is 5.82. The maximum Gasteiger partial charge on any atom is 0.294 e. The summed E-state index contributed by atoms with van der Waals surface area (Å²) in [6.45, 7) is 2.23. The van der Waals surface area contributed by atoms with E-state index < -0.39 is 15.0 Å². The zero-order chi connectivity index (χ0) is 20.6. The highest BCUT2D eigenvalue weighted by Gasteiger charge is 2.31. The lowest BCUT2D eigenvalue weighted by Gasteiger charge is -2.12. The number of rotatable bonds is 13. The first-order chi connectivity index (χ1) is 13.3. The second kappa shape index (κ2) is 10.9. The van der Waals surface area contributed by atoms with Gasteiger partial charge in [-0.25, -0.2) is 0 Å². The molecule has 1 unspecified atom stereocenters. The van der Waals surface area contributed by atoms with Crippen molar-refractivity contribution in [2.75, 3.05) is 0 Å². The van der Waals surface area contributed by atoms with Crippen LogP contribution < -0.4 is 0 Å². The van der Waals surface area contributed by atoms with Crippen LogP contribution in [0.4, 0.5) is 5.69 Å². The Morgan fingerprint density at radius 3 is 2.14 bits per heavy atom. The Bertz CT molecular complexity index is 760. The van der Waals surface area contributed by atoms with E-state index in [9.17, 15) is 23.1 Å². The Kier molecular flexibility index (Phi) is 8.89. The van der Waals surface area contributed by atoms with Crippen LogP contribution in [0.1, 0.15) is 101 Å². The van der Waals surface area contributed by atoms with E-state index in [2.05, 4.69) is 6.92 Å². The van der Waals surface area contributed by atoms with Crippen LogP contribution in [0.15, 0.2) is 17.0 Å². The molecule has 0 fully saturated rings. The highest BCUT2D eigenvalue weighted by Crippen LogP contribution is 2.42. The predicted molar refractivity (Wildman–Crippen MR) is 110 cm³/mol. The summed E-state index contributed by atoms with van der Waals surface area (Å²) in [6, 6.07) is 2.42. The van der Waals surface area contributed by atoms with Gasteiger partial charge in [-0.3, -0.25) is 14.7 Å². The minimum absolute atomic E-state index is 0.143. The van der Waals surface area contributed by atoms with Crippen LogP contribution in [0.2, 0.25) is 0 Å². The summed E-state index contributed by atoms with van der Waals surface area (Å²) in [6.07, 6.45) is 14.9. The summed E-state index contributed by atoms with van der Waals surface area (Å²) in [7, 11) is -4.45. The maximum atomic E-state index is 11.5. The number of fused-ring (bicyclic) bond motifs is 1. The Labute approximate surface area is 168 Å². The van der Waals surface area contributed by atoms with Gasteiger partial charge in [0, 0.05) is 11.6 Å². The van der Waals surface area contributed by atoms with Crippen LogP contribution in [0.3, 0.4) is 0 Å². The van der Waals surface area contributed by atoms with E-state index in [-0.39, 0.29) is 16.5 Å². The Balaban J connectivity index is 1.84. The van der Waals surface area contributed by atoms with Crippen molar-refractivity contribution in [1.29, 1.82) is 0 Å². The van der Waals surface area contributed by atoms with Crippen molar-refractivity contribution in [3.05, 3.63) is 33.4 Å². The smallest absolute Gasteiger partial charge is 0.282 e.